The molecule has 9 nitrogen and oxygen atoms in total. The van der Waals surface area contributed by atoms with Crippen LogP contribution in [0.25, 0.3) is 0 Å². The number of nitrogens with zero attached hydrogens (tertiary/aromatic N) is 2. The van der Waals surface area contributed by atoms with Crippen molar-refractivity contribution in [3.8, 4) is 5.75 Å². The Morgan fingerprint density at radius 2 is 1.82 bits per heavy atom. The molecule has 2 aromatic carbocycles. The summed E-state index contributed by atoms with van der Waals surface area (Å²) in [5.41, 5.74) is 1.15. The molecule has 202 valence electrons. The maximum Gasteiger partial charge on any atom is 0.256 e. The fourth-order valence-electron chi connectivity index (χ4n) is 5.60. The van der Waals surface area contributed by atoms with Crippen molar-refractivity contribution >= 4 is 17.7 Å². The van der Waals surface area contributed by atoms with E-state index >= 15 is 0 Å². The summed E-state index contributed by atoms with van der Waals surface area (Å²) in [5.74, 6) is 0.0709. The molecule has 0 radical (unpaired) electrons. The molecule has 3 fully saturated rings. The van der Waals surface area contributed by atoms with Gasteiger partial charge >= 0.3 is 0 Å². The average Bonchev–Trinajstić information content (AvgIpc) is 3.60. The van der Waals surface area contributed by atoms with Gasteiger partial charge in [0, 0.05) is 50.2 Å². The summed E-state index contributed by atoms with van der Waals surface area (Å²) >= 11 is 0. The fourth-order valence-corrected chi connectivity index (χ4v) is 5.60. The van der Waals surface area contributed by atoms with Crippen LogP contribution >= 0.6 is 0 Å². The molecule has 3 saturated heterocycles. The standard InChI is InChI=1S/C29H35N3O6/c1-20-5-3-6-22(17-20)27(34)31-14-12-29(13-15-31)32(28(35)21-8-10-23(36-2)11-9-21)25(19-38-29)26(33)30-18-24-7-4-16-37-24/h3,5-6,8-11,17,24-25H,4,7,12-16,18-19H2,1-2H3,(H,30,33)/t24-,25+/m1/s1. The van der Waals surface area contributed by atoms with Crippen molar-refractivity contribution in [1.82, 2.24) is 15.1 Å². The van der Waals surface area contributed by atoms with Crippen molar-refractivity contribution < 1.29 is 28.6 Å². The summed E-state index contributed by atoms with van der Waals surface area (Å²) in [6.45, 7) is 4.01. The first kappa shape index (κ1) is 26.2. The molecule has 3 aliphatic rings. The van der Waals surface area contributed by atoms with Gasteiger partial charge < -0.3 is 24.4 Å². The van der Waals surface area contributed by atoms with Crippen LogP contribution in [-0.4, -0.2) is 85.3 Å². The van der Waals surface area contributed by atoms with Crippen LogP contribution in [0.3, 0.4) is 0 Å². The lowest BCUT2D eigenvalue weighted by molar-refractivity contribution is -0.128. The number of hydrogen-bond acceptors (Lipinski definition) is 6. The second-order valence-electron chi connectivity index (χ2n) is 10.2. The van der Waals surface area contributed by atoms with Gasteiger partial charge in [-0.1, -0.05) is 17.7 Å². The van der Waals surface area contributed by atoms with Crippen molar-refractivity contribution in [2.45, 2.75) is 50.5 Å². The average molecular weight is 522 g/mol. The SMILES string of the molecule is COc1ccc(C(=O)N2[C@H](C(=O)NC[C@H]3CCCO3)COC23CCN(C(=O)c2cccc(C)c2)CC3)cc1. The van der Waals surface area contributed by atoms with Crippen LogP contribution in [-0.2, 0) is 14.3 Å². The van der Waals surface area contributed by atoms with E-state index in [1.54, 1.807) is 41.2 Å². The molecule has 0 bridgehead atoms. The largest absolute Gasteiger partial charge is 0.497 e. The maximum absolute atomic E-state index is 13.9. The summed E-state index contributed by atoms with van der Waals surface area (Å²) in [5, 5.41) is 2.97. The van der Waals surface area contributed by atoms with E-state index < -0.39 is 11.8 Å². The van der Waals surface area contributed by atoms with E-state index in [2.05, 4.69) is 5.32 Å². The summed E-state index contributed by atoms with van der Waals surface area (Å²) in [7, 11) is 1.57. The number of methoxy groups -OCH3 is 1. The number of nitrogens with one attached hydrogen (secondary N) is 1. The van der Waals surface area contributed by atoms with Gasteiger partial charge in [0.25, 0.3) is 11.8 Å². The van der Waals surface area contributed by atoms with Gasteiger partial charge in [0.2, 0.25) is 5.91 Å². The third kappa shape index (κ3) is 5.26. The first-order chi connectivity index (χ1) is 18.4. The van der Waals surface area contributed by atoms with Crippen molar-refractivity contribution in [2.24, 2.45) is 0 Å². The summed E-state index contributed by atoms with van der Waals surface area (Å²) in [6, 6.07) is 13.6. The molecule has 3 heterocycles. The molecule has 3 aliphatic heterocycles. The number of carbonyl (C=O) groups excluding carboxylic acids is 3. The topological polar surface area (TPSA) is 97.4 Å². The first-order valence-corrected chi connectivity index (χ1v) is 13.3. The lowest BCUT2D eigenvalue weighted by Crippen LogP contribution is -2.60. The van der Waals surface area contributed by atoms with Gasteiger partial charge in [-0.15, -0.1) is 0 Å². The number of ether oxygens (including phenoxy) is 3. The summed E-state index contributed by atoms with van der Waals surface area (Å²) in [6.07, 6.45) is 2.72. The Bertz CT molecular complexity index is 1170. The van der Waals surface area contributed by atoms with Gasteiger partial charge in [-0.2, -0.15) is 0 Å². The maximum atomic E-state index is 13.9. The highest BCUT2D eigenvalue weighted by molar-refractivity contribution is 5.99. The van der Waals surface area contributed by atoms with E-state index in [0.717, 1.165) is 18.4 Å². The second kappa shape index (κ2) is 11.1. The van der Waals surface area contributed by atoms with Gasteiger partial charge in [0.15, 0.2) is 0 Å². The number of piperidine rings is 1. The predicted octanol–water partition coefficient (Wildman–Crippen LogP) is 2.77. The number of benzene rings is 2. The van der Waals surface area contributed by atoms with Gasteiger partial charge in [-0.05, 0) is 56.2 Å². The molecular formula is C29H35N3O6. The van der Waals surface area contributed by atoms with Gasteiger partial charge in [-0.25, -0.2) is 0 Å². The number of carbonyl (C=O) groups is 3. The van der Waals surface area contributed by atoms with E-state index in [4.69, 9.17) is 14.2 Å². The molecule has 1 spiro atoms. The van der Waals surface area contributed by atoms with Crippen LogP contribution in [0.1, 0.15) is 52.0 Å². The number of rotatable bonds is 6. The molecular weight excluding hydrogens is 486 g/mol. The predicted molar refractivity (Wildman–Crippen MR) is 140 cm³/mol. The smallest absolute Gasteiger partial charge is 0.256 e. The molecule has 38 heavy (non-hydrogen) atoms. The molecule has 9 heteroatoms. The van der Waals surface area contributed by atoms with Crippen LogP contribution in [0.4, 0.5) is 0 Å². The Morgan fingerprint density at radius 3 is 2.47 bits per heavy atom. The number of hydrogen-bond donors (Lipinski definition) is 1. The van der Waals surface area contributed by atoms with Crippen LogP contribution in [0.5, 0.6) is 5.75 Å². The lowest BCUT2D eigenvalue weighted by atomic mass is 9.96. The molecule has 5 rings (SSSR count). The summed E-state index contributed by atoms with van der Waals surface area (Å²) in [4.78, 5) is 43.8. The van der Waals surface area contributed by atoms with Crippen LogP contribution in [0.15, 0.2) is 48.5 Å². The molecule has 2 atom stereocenters. The Labute approximate surface area is 223 Å². The van der Waals surface area contributed by atoms with E-state index in [1.165, 1.54) is 0 Å². The quantitative estimate of drug-likeness (QED) is 0.628. The number of aryl methyl sites for hydroxylation is 1. The molecule has 0 aromatic heterocycles. The van der Waals surface area contributed by atoms with E-state index in [9.17, 15) is 14.4 Å². The minimum absolute atomic E-state index is 0.00292. The third-order valence-electron chi connectivity index (χ3n) is 7.74. The van der Waals surface area contributed by atoms with E-state index in [1.807, 2.05) is 31.2 Å². The molecule has 0 saturated carbocycles. The van der Waals surface area contributed by atoms with Crippen LogP contribution in [0, 0.1) is 6.92 Å². The second-order valence-corrected chi connectivity index (χ2v) is 10.2. The molecule has 1 N–H and O–H groups in total. The first-order valence-electron chi connectivity index (χ1n) is 13.3. The zero-order valence-electron chi connectivity index (χ0n) is 22.0. The number of amides is 3. The Kier molecular flexibility index (Phi) is 7.67. The van der Waals surface area contributed by atoms with Crippen molar-refractivity contribution in [3.63, 3.8) is 0 Å². The van der Waals surface area contributed by atoms with E-state index in [0.29, 0.717) is 56.0 Å². The Balaban J connectivity index is 1.35. The number of likely N-dealkylation sites (tertiary alicyclic amines) is 1. The highest BCUT2D eigenvalue weighted by Crippen LogP contribution is 2.39. The van der Waals surface area contributed by atoms with Crippen molar-refractivity contribution in [2.75, 3.05) is 40.0 Å². The van der Waals surface area contributed by atoms with Gasteiger partial charge in [-0.3, -0.25) is 19.3 Å². The molecule has 3 amide bonds. The van der Waals surface area contributed by atoms with Gasteiger partial charge in [0.1, 0.15) is 17.5 Å². The molecule has 0 aliphatic carbocycles. The van der Waals surface area contributed by atoms with Crippen LogP contribution < -0.4 is 10.1 Å². The van der Waals surface area contributed by atoms with Crippen LogP contribution in [0.2, 0.25) is 0 Å². The Morgan fingerprint density at radius 1 is 1.05 bits per heavy atom. The minimum Gasteiger partial charge on any atom is -0.497 e. The van der Waals surface area contributed by atoms with Gasteiger partial charge in [0.05, 0.1) is 19.8 Å². The van der Waals surface area contributed by atoms with E-state index in [-0.39, 0.29) is 30.4 Å². The fraction of sp³-hybridized carbons (Fsp3) is 0.483. The Hall–Kier alpha value is -3.43. The summed E-state index contributed by atoms with van der Waals surface area (Å²) < 4.78 is 17.2. The van der Waals surface area contributed by atoms with Crippen molar-refractivity contribution in [1.29, 1.82) is 0 Å². The highest BCUT2D eigenvalue weighted by Gasteiger charge is 2.54. The zero-order chi connectivity index (χ0) is 26.7. The third-order valence-corrected chi connectivity index (χ3v) is 7.74. The molecule has 2 aromatic rings. The monoisotopic (exact) mass is 521 g/mol. The zero-order valence-corrected chi connectivity index (χ0v) is 22.0. The minimum atomic E-state index is -0.966. The lowest BCUT2D eigenvalue weighted by Gasteiger charge is -2.44. The highest BCUT2D eigenvalue weighted by atomic mass is 16.5. The van der Waals surface area contributed by atoms with Crippen molar-refractivity contribution in [3.05, 3.63) is 65.2 Å². The normalized spacial score (nSPS) is 22.5. The molecule has 0 unspecified atom stereocenters.